The first-order chi connectivity index (χ1) is 13.9. The first kappa shape index (κ1) is 20.9. The van der Waals surface area contributed by atoms with Crippen molar-refractivity contribution in [3.8, 4) is 0 Å². The summed E-state index contributed by atoms with van der Waals surface area (Å²) in [5.41, 5.74) is 1.34. The Labute approximate surface area is 166 Å². The molecule has 1 aliphatic rings. The number of halogens is 3. The predicted octanol–water partition coefficient (Wildman–Crippen LogP) is 3.87. The van der Waals surface area contributed by atoms with E-state index in [2.05, 4.69) is 5.16 Å². The van der Waals surface area contributed by atoms with Crippen LogP contribution in [0.15, 0.2) is 59.8 Å². The van der Waals surface area contributed by atoms with Gasteiger partial charge in [0.15, 0.2) is 6.10 Å². The molecule has 0 radical (unpaired) electrons. The van der Waals surface area contributed by atoms with E-state index < -0.39 is 11.7 Å². The van der Waals surface area contributed by atoms with Crippen molar-refractivity contribution in [2.75, 3.05) is 20.3 Å². The van der Waals surface area contributed by atoms with Crippen LogP contribution in [-0.4, -0.2) is 42.9 Å². The second-order valence-electron chi connectivity index (χ2n) is 6.74. The van der Waals surface area contributed by atoms with Crippen LogP contribution >= 0.6 is 0 Å². The standard InChI is InChI=1S/C21H21F3N2O3/c1-28-14-20(27)26(12-15-6-5-9-17(10-15)21(22,23)24)13-18-11-19(25-29-18)16-7-3-2-4-8-16/h2-10,18H,11-14H2,1H3/t18-/m0/s1. The molecular formula is C21H21F3N2O3. The average molecular weight is 406 g/mol. The van der Waals surface area contributed by atoms with Gasteiger partial charge in [0.25, 0.3) is 0 Å². The van der Waals surface area contributed by atoms with E-state index in [-0.39, 0.29) is 31.7 Å². The first-order valence-corrected chi connectivity index (χ1v) is 9.08. The molecular weight excluding hydrogens is 385 g/mol. The molecule has 0 fully saturated rings. The topological polar surface area (TPSA) is 51.1 Å². The number of hydrogen-bond donors (Lipinski definition) is 0. The van der Waals surface area contributed by atoms with E-state index in [0.29, 0.717) is 12.0 Å². The molecule has 0 N–H and O–H groups in total. The van der Waals surface area contributed by atoms with Crippen LogP contribution in [0.25, 0.3) is 0 Å². The SMILES string of the molecule is COCC(=O)N(Cc1cccc(C(F)(F)F)c1)C[C@@H]1CC(c2ccccc2)=NO1. The Morgan fingerprint density at radius 2 is 1.97 bits per heavy atom. The molecule has 0 aromatic heterocycles. The summed E-state index contributed by atoms with van der Waals surface area (Å²) in [6, 6.07) is 14.5. The smallest absolute Gasteiger partial charge is 0.390 e. The lowest BCUT2D eigenvalue weighted by molar-refractivity contribution is -0.137. The van der Waals surface area contributed by atoms with Crippen LogP contribution in [0.3, 0.4) is 0 Å². The number of carbonyl (C=O) groups excluding carboxylic acids is 1. The van der Waals surface area contributed by atoms with E-state index in [1.807, 2.05) is 30.3 Å². The molecule has 29 heavy (non-hydrogen) atoms. The van der Waals surface area contributed by atoms with Gasteiger partial charge in [0, 0.05) is 20.1 Å². The first-order valence-electron chi connectivity index (χ1n) is 9.08. The Hall–Kier alpha value is -2.87. The second-order valence-corrected chi connectivity index (χ2v) is 6.74. The normalized spacial score (nSPS) is 16.3. The Morgan fingerprint density at radius 3 is 2.66 bits per heavy atom. The molecule has 5 nitrogen and oxygen atoms in total. The molecule has 154 valence electrons. The minimum atomic E-state index is -4.44. The Morgan fingerprint density at radius 1 is 1.21 bits per heavy atom. The number of hydrogen-bond acceptors (Lipinski definition) is 4. The van der Waals surface area contributed by atoms with Gasteiger partial charge in [-0.05, 0) is 23.3 Å². The average Bonchev–Trinajstić information content (AvgIpc) is 3.16. The summed E-state index contributed by atoms with van der Waals surface area (Å²) in [6.07, 6.45) is -4.31. The number of benzene rings is 2. The molecule has 2 aromatic carbocycles. The molecule has 0 saturated heterocycles. The van der Waals surface area contributed by atoms with E-state index in [1.165, 1.54) is 18.1 Å². The van der Waals surface area contributed by atoms with E-state index in [9.17, 15) is 18.0 Å². The minimum absolute atomic E-state index is 0.0205. The highest BCUT2D eigenvalue weighted by Gasteiger charge is 2.31. The molecule has 1 atom stereocenters. The summed E-state index contributed by atoms with van der Waals surface area (Å²) in [5, 5.41) is 4.10. The molecule has 0 saturated carbocycles. The lowest BCUT2D eigenvalue weighted by Gasteiger charge is -2.25. The van der Waals surface area contributed by atoms with Gasteiger partial charge in [0.05, 0.1) is 17.8 Å². The maximum atomic E-state index is 13.0. The molecule has 3 rings (SSSR count). The van der Waals surface area contributed by atoms with Crippen LogP contribution in [0, 0.1) is 0 Å². The summed E-state index contributed by atoms with van der Waals surface area (Å²) < 4.78 is 43.9. The molecule has 0 unspecified atom stereocenters. The third-order valence-electron chi connectivity index (χ3n) is 4.51. The number of methoxy groups -OCH3 is 1. The molecule has 0 spiro atoms. The van der Waals surface area contributed by atoms with Crippen molar-refractivity contribution in [3.05, 3.63) is 71.3 Å². The van der Waals surface area contributed by atoms with Gasteiger partial charge in [-0.3, -0.25) is 4.79 Å². The van der Waals surface area contributed by atoms with Crippen LogP contribution in [0.5, 0.6) is 0 Å². The molecule has 1 heterocycles. The maximum Gasteiger partial charge on any atom is 0.416 e. The van der Waals surface area contributed by atoms with Gasteiger partial charge in [0.1, 0.15) is 6.61 Å². The number of carbonyl (C=O) groups is 1. The van der Waals surface area contributed by atoms with Crippen LogP contribution in [-0.2, 0) is 27.1 Å². The molecule has 2 aromatic rings. The van der Waals surface area contributed by atoms with E-state index in [4.69, 9.17) is 9.57 Å². The fraction of sp³-hybridized carbons (Fsp3) is 0.333. The number of amides is 1. The third-order valence-corrected chi connectivity index (χ3v) is 4.51. The summed E-state index contributed by atoms with van der Waals surface area (Å²) in [5.74, 6) is -0.332. The second kappa shape index (κ2) is 9.09. The van der Waals surface area contributed by atoms with Gasteiger partial charge in [-0.25, -0.2) is 0 Å². The number of alkyl halides is 3. The Balaban J connectivity index is 1.70. The zero-order valence-corrected chi connectivity index (χ0v) is 15.9. The van der Waals surface area contributed by atoms with E-state index in [0.717, 1.165) is 23.4 Å². The molecule has 0 aliphatic carbocycles. The molecule has 0 bridgehead atoms. The van der Waals surface area contributed by atoms with Crippen molar-refractivity contribution in [1.82, 2.24) is 4.90 Å². The Bertz CT molecular complexity index is 869. The Kier molecular flexibility index (Phi) is 6.53. The quantitative estimate of drug-likeness (QED) is 0.701. The minimum Gasteiger partial charge on any atom is -0.390 e. The molecule has 8 heteroatoms. The number of nitrogens with zero attached hydrogens (tertiary/aromatic N) is 2. The van der Waals surface area contributed by atoms with Crippen molar-refractivity contribution in [2.24, 2.45) is 5.16 Å². The van der Waals surface area contributed by atoms with E-state index >= 15 is 0 Å². The largest absolute Gasteiger partial charge is 0.416 e. The van der Waals surface area contributed by atoms with E-state index in [1.54, 1.807) is 6.07 Å². The van der Waals surface area contributed by atoms with Crippen molar-refractivity contribution < 1.29 is 27.5 Å². The highest BCUT2D eigenvalue weighted by Crippen LogP contribution is 2.30. The van der Waals surface area contributed by atoms with Gasteiger partial charge in [-0.15, -0.1) is 0 Å². The fourth-order valence-electron chi connectivity index (χ4n) is 3.11. The highest BCUT2D eigenvalue weighted by molar-refractivity contribution is 6.01. The maximum absolute atomic E-state index is 13.0. The summed E-state index contributed by atoms with van der Waals surface area (Å²) in [7, 11) is 1.39. The zero-order chi connectivity index (χ0) is 20.9. The number of rotatable bonds is 7. The van der Waals surface area contributed by atoms with Crippen molar-refractivity contribution in [1.29, 1.82) is 0 Å². The lowest BCUT2D eigenvalue weighted by Crippen LogP contribution is -2.39. The molecule has 1 aliphatic heterocycles. The lowest BCUT2D eigenvalue weighted by atomic mass is 10.0. The van der Waals surface area contributed by atoms with Crippen molar-refractivity contribution in [2.45, 2.75) is 25.2 Å². The van der Waals surface area contributed by atoms with Crippen LogP contribution in [0.4, 0.5) is 13.2 Å². The fourth-order valence-corrected chi connectivity index (χ4v) is 3.11. The predicted molar refractivity (Wildman–Crippen MR) is 101 cm³/mol. The van der Waals surface area contributed by atoms with Crippen LogP contribution < -0.4 is 0 Å². The van der Waals surface area contributed by atoms with Crippen molar-refractivity contribution in [3.63, 3.8) is 0 Å². The number of ether oxygens (including phenoxy) is 1. The third kappa shape index (κ3) is 5.57. The van der Waals surface area contributed by atoms with Crippen LogP contribution in [0.2, 0.25) is 0 Å². The summed E-state index contributed by atoms with van der Waals surface area (Å²) in [4.78, 5) is 19.4. The summed E-state index contributed by atoms with van der Waals surface area (Å²) in [6.45, 7) is 0.0446. The van der Waals surface area contributed by atoms with Crippen LogP contribution in [0.1, 0.15) is 23.1 Å². The van der Waals surface area contributed by atoms with Gasteiger partial charge in [-0.2, -0.15) is 13.2 Å². The van der Waals surface area contributed by atoms with Gasteiger partial charge >= 0.3 is 6.18 Å². The zero-order valence-electron chi connectivity index (χ0n) is 15.9. The highest BCUT2D eigenvalue weighted by atomic mass is 19.4. The van der Waals surface area contributed by atoms with Gasteiger partial charge in [-0.1, -0.05) is 47.6 Å². The summed E-state index contributed by atoms with van der Waals surface area (Å²) >= 11 is 0. The molecule has 1 amide bonds. The van der Waals surface area contributed by atoms with Gasteiger partial charge < -0.3 is 14.5 Å². The monoisotopic (exact) mass is 406 g/mol. The number of oxime groups is 1. The van der Waals surface area contributed by atoms with Gasteiger partial charge in [0.2, 0.25) is 5.91 Å². The van der Waals surface area contributed by atoms with Crippen molar-refractivity contribution >= 4 is 11.6 Å².